The standard InChI is InChI=1S/C61H94O8/c1-43(2)26-20-18-16-14-13-15-17-19-21-33-55(63)67-42-54-56(64)57(65)58(66)59(69-54)68-51-39-49(8)53(61(11,12)41-51)37-35-47(6)32-25-30-45(4)28-23-22-27-44(3)29-24-31-46(5)34-36-52-48(7)38-50(62)40-60(52,9)10/h22-25,27-32,34-37,43,50-51,54,56-59,62,64-66H,13-21,26,33,38-42H2,1-12H3/b23-22+,29-24+,30-25+,36-34+,37-35+,44-27+,45-28+,46-31+,47-32+/t50-,51-,54-,56-,57?,58?,59-/m1/s1. The summed E-state index contributed by atoms with van der Waals surface area (Å²) in [7, 11) is 0. The third kappa shape index (κ3) is 22.1. The van der Waals surface area contributed by atoms with Crippen molar-refractivity contribution in [3.8, 4) is 0 Å². The first-order valence-electron chi connectivity index (χ1n) is 26.3. The Morgan fingerprint density at radius 3 is 1.59 bits per heavy atom. The van der Waals surface area contributed by atoms with Crippen LogP contribution < -0.4 is 0 Å². The molecule has 3 rings (SSSR count). The summed E-state index contributed by atoms with van der Waals surface area (Å²) < 4.78 is 17.8. The first-order valence-corrected chi connectivity index (χ1v) is 26.3. The molecule has 1 saturated heterocycles. The van der Waals surface area contributed by atoms with Crippen LogP contribution in [0.15, 0.2) is 130 Å². The van der Waals surface area contributed by atoms with Crippen molar-refractivity contribution in [2.45, 2.75) is 222 Å². The van der Waals surface area contributed by atoms with Gasteiger partial charge in [0.25, 0.3) is 0 Å². The van der Waals surface area contributed by atoms with Crippen molar-refractivity contribution in [1.82, 2.24) is 0 Å². The average Bonchev–Trinajstić information content (AvgIpc) is 3.25. The molecule has 0 bridgehead atoms. The minimum absolute atomic E-state index is 0.0229. The molecule has 0 aromatic heterocycles. The zero-order valence-electron chi connectivity index (χ0n) is 44.9. The van der Waals surface area contributed by atoms with Gasteiger partial charge in [-0.3, -0.25) is 4.79 Å². The van der Waals surface area contributed by atoms with Crippen LogP contribution in [0.4, 0.5) is 0 Å². The summed E-state index contributed by atoms with van der Waals surface area (Å²) in [5.41, 5.74) is 9.32. The van der Waals surface area contributed by atoms with Crippen molar-refractivity contribution in [3.63, 3.8) is 0 Å². The molecule has 0 spiro atoms. The van der Waals surface area contributed by atoms with Gasteiger partial charge >= 0.3 is 5.97 Å². The quantitative estimate of drug-likeness (QED) is 0.0384. The lowest BCUT2D eigenvalue weighted by molar-refractivity contribution is -0.313. The van der Waals surface area contributed by atoms with E-state index in [-0.39, 0.29) is 35.6 Å². The van der Waals surface area contributed by atoms with E-state index in [1.54, 1.807) is 0 Å². The number of allylic oxidation sites excluding steroid dienone is 20. The van der Waals surface area contributed by atoms with Gasteiger partial charge in [0.15, 0.2) is 6.29 Å². The Hall–Kier alpha value is -3.63. The van der Waals surface area contributed by atoms with E-state index in [4.69, 9.17) is 14.2 Å². The Morgan fingerprint density at radius 1 is 0.623 bits per heavy atom. The van der Waals surface area contributed by atoms with Gasteiger partial charge in [-0.15, -0.1) is 0 Å². The predicted octanol–water partition coefficient (Wildman–Crippen LogP) is 13.9. The minimum Gasteiger partial charge on any atom is -0.463 e. The number of hydrogen-bond donors (Lipinski definition) is 4. The zero-order valence-corrected chi connectivity index (χ0v) is 44.9. The van der Waals surface area contributed by atoms with E-state index in [0.717, 1.165) is 54.7 Å². The molecule has 69 heavy (non-hydrogen) atoms. The Balaban J connectivity index is 1.45. The average molecular weight is 955 g/mol. The SMILES string of the molecule is CC1=C(/C=C/C(C)=C/C=C/C(C)=C/C=C/C=C(C)/C=C/C=C(C)/C=C/C2=C(C)C[C@@H](O[C@@H]3O[C@H](COC(=O)CCCCCCCCCCCC(C)C)[C@@H](O)C(O)C3O)CC2(C)C)C(C)(C)C[C@H](O)C1. The highest BCUT2D eigenvalue weighted by molar-refractivity contribution is 5.69. The summed E-state index contributed by atoms with van der Waals surface area (Å²) in [5.74, 6) is 0.431. The maximum absolute atomic E-state index is 12.6. The van der Waals surface area contributed by atoms with Gasteiger partial charge in [0.1, 0.15) is 31.0 Å². The van der Waals surface area contributed by atoms with Crippen LogP contribution in [0.25, 0.3) is 0 Å². The number of ether oxygens (including phenoxy) is 3. The van der Waals surface area contributed by atoms with Crippen LogP contribution in [-0.4, -0.2) is 75.9 Å². The zero-order chi connectivity index (χ0) is 51.1. The maximum atomic E-state index is 12.6. The van der Waals surface area contributed by atoms with Crippen molar-refractivity contribution >= 4 is 5.97 Å². The Labute approximate surface area is 419 Å². The van der Waals surface area contributed by atoms with Crippen LogP contribution >= 0.6 is 0 Å². The van der Waals surface area contributed by atoms with Crippen LogP contribution in [0.1, 0.15) is 179 Å². The monoisotopic (exact) mass is 955 g/mol. The lowest BCUT2D eigenvalue weighted by Crippen LogP contribution is -2.60. The summed E-state index contributed by atoms with van der Waals surface area (Å²) in [5, 5.41) is 42.5. The smallest absolute Gasteiger partial charge is 0.305 e. The summed E-state index contributed by atoms with van der Waals surface area (Å²) >= 11 is 0. The Morgan fingerprint density at radius 2 is 1.09 bits per heavy atom. The minimum atomic E-state index is -1.50. The lowest BCUT2D eigenvalue weighted by atomic mass is 9.71. The molecule has 1 heterocycles. The molecule has 3 aliphatic rings. The fourth-order valence-corrected chi connectivity index (χ4v) is 9.86. The van der Waals surface area contributed by atoms with Gasteiger partial charge in [-0.05, 0) is 102 Å². The number of carbonyl (C=O) groups is 1. The third-order valence-electron chi connectivity index (χ3n) is 13.8. The van der Waals surface area contributed by atoms with Crippen LogP contribution in [0.2, 0.25) is 0 Å². The molecule has 2 unspecified atom stereocenters. The van der Waals surface area contributed by atoms with Gasteiger partial charge in [-0.2, -0.15) is 0 Å². The number of aliphatic hydroxyl groups is 4. The van der Waals surface area contributed by atoms with Gasteiger partial charge in [0, 0.05) is 6.42 Å². The molecule has 0 amide bonds. The molecule has 1 fully saturated rings. The van der Waals surface area contributed by atoms with Gasteiger partial charge in [-0.25, -0.2) is 0 Å². The fraction of sp³-hybridized carbons (Fsp3) is 0.623. The molecule has 0 aromatic carbocycles. The number of esters is 1. The highest BCUT2D eigenvalue weighted by Crippen LogP contribution is 2.43. The van der Waals surface area contributed by atoms with Crippen molar-refractivity contribution < 1.29 is 39.4 Å². The third-order valence-corrected chi connectivity index (χ3v) is 13.8. The van der Waals surface area contributed by atoms with Crippen LogP contribution in [0.3, 0.4) is 0 Å². The van der Waals surface area contributed by atoms with E-state index in [1.165, 1.54) is 72.8 Å². The molecule has 0 saturated carbocycles. The molecule has 8 heteroatoms. The van der Waals surface area contributed by atoms with E-state index in [1.807, 2.05) is 0 Å². The molecule has 0 radical (unpaired) electrons. The summed E-state index contributed by atoms with van der Waals surface area (Å²) in [6.45, 7) is 25.7. The molecule has 4 N–H and O–H groups in total. The highest BCUT2D eigenvalue weighted by atomic mass is 16.7. The molecule has 386 valence electrons. The molecular weight excluding hydrogens is 861 g/mol. The summed E-state index contributed by atoms with van der Waals surface area (Å²) in [6.07, 6.45) is 37.4. The van der Waals surface area contributed by atoms with Crippen molar-refractivity contribution in [2.75, 3.05) is 6.61 Å². The lowest BCUT2D eigenvalue weighted by Gasteiger charge is -2.43. The first kappa shape index (κ1) is 59.7. The first-order chi connectivity index (χ1) is 32.6. The number of hydrogen-bond acceptors (Lipinski definition) is 8. The van der Waals surface area contributed by atoms with Crippen LogP contribution in [0.5, 0.6) is 0 Å². The molecule has 1 aliphatic heterocycles. The van der Waals surface area contributed by atoms with E-state index < -0.39 is 30.7 Å². The number of unbranched alkanes of at least 4 members (excludes halogenated alkanes) is 8. The molecule has 0 aromatic rings. The maximum Gasteiger partial charge on any atom is 0.305 e. The number of carbonyl (C=O) groups excluding carboxylic acids is 1. The second-order valence-corrected chi connectivity index (χ2v) is 22.1. The van der Waals surface area contributed by atoms with Gasteiger partial charge in [0.05, 0.1) is 12.2 Å². The van der Waals surface area contributed by atoms with Crippen molar-refractivity contribution in [2.24, 2.45) is 16.7 Å². The topological polar surface area (TPSA) is 126 Å². The van der Waals surface area contributed by atoms with Gasteiger partial charge in [0.2, 0.25) is 0 Å². The fourth-order valence-electron chi connectivity index (χ4n) is 9.86. The van der Waals surface area contributed by atoms with Crippen molar-refractivity contribution in [1.29, 1.82) is 0 Å². The van der Waals surface area contributed by atoms with E-state index in [2.05, 4.69) is 168 Å². The molecule has 2 aliphatic carbocycles. The van der Waals surface area contributed by atoms with E-state index >= 15 is 0 Å². The molecule has 8 nitrogen and oxygen atoms in total. The van der Waals surface area contributed by atoms with Crippen LogP contribution in [0, 0.1) is 16.7 Å². The molecule has 7 atom stereocenters. The van der Waals surface area contributed by atoms with Crippen molar-refractivity contribution in [3.05, 3.63) is 130 Å². The number of rotatable bonds is 26. The summed E-state index contributed by atoms with van der Waals surface area (Å²) in [6, 6.07) is 0. The predicted molar refractivity (Wildman–Crippen MR) is 286 cm³/mol. The van der Waals surface area contributed by atoms with Gasteiger partial charge in [-0.1, -0.05) is 218 Å². The van der Waals surface area contributed by atoms with Gasteiger partial charge < -0.3 is 34.6 Å². The second-order valence-electron chi connectivity index (χ2n) is 22.1. The Kier molecular flexibility index (Phi) is 26.2. The van der Waals surface area contributed by atoms with E-state index in [0.29, 0.717) is 19.3 Å². The normalized spacial score (nSPS) is 26.7. The number of aliphatic hydroxyl groups excluding tert-OH is 4. The Bertz CT molecular complexity index is 1960. The van der Waals surface area contributed by atoms with Crippen LogP contribution in [-0.2, 0) is 19.0 Å². The highest BCUT2D eigenvalue weighted by Gasteiger charge is 2.46. The molecular formula is C61H94O8. The largest absolute Gasteiger partial charge is 0.463 e. The van der Waals surface area contributed by atoms with E-state index in [9.17, 15) is 25.2 Å². The second kappa shape index (κ2) is 30.3. The summed E-state index contributed by atoms with van der Waals surface area (Å²) in [4.78, 5) is 12.6.